The predicted molar refractivity (Wildman–Crippen MR) is 81.6 cm³/mol. The second-order valence-electron chi connectivity index (χ2n) is 4.98. The first-order valence-electron chi connectivity index (χ1n) is 6.89. The summed E-state index contributed by atoms with van der Waals surface area (Å²) in [5, 5.41) is 9.36. The topological polar surface area (TPSA) is 55.1 Å². The zero-order chi connectivity index (χ0) is 15.0. The molecule has 1 aromatic carbocycles. The van der Waals surface area contributed by atoms with Crippen molar-refractivity contribution >= 4 is 16.8 Å². The molecule has 21 heavy (non-hydrogen) atoms. The van der Waals surface area contributed by atoms with E-state index >= 15 is 0 Å². The molecule has 106 valence electrons. The first kappa shape index (κ1) is 13.4. The number of carbonyl (C=O) groups is 1. The van der Waals surface area contributed by atoms with Crippen molar-refractivity contribution in [2.75, 3.05) is 0 Å². The summed E-state index contributed by atoms with van der Waals surface area (Å²) in [5.74, 6) is 0.0921. The van der Waals surface area contributed by atoms with Crippen LogP contribution in [0.2, 0.25) is 0 Å². The zero-order valence-corrected chi connectivity index (χ0v) is 12.0. The average Bonchev–Trinajstić information content (AvgIpc) is 2.80. The molecule has 0 aliphatic rings. The first-order valence-corrected chi connectivity index (χ1v) is 6.89. The molecule has 4 nitrogen and oxygen atoms in total. The molecule has 3 aromatic rings. The Balaban J connectivity index is 2.24. The number of rotatable bonds is 3. The number of phenolic OH excluding ortho intramolecular Hbond substituents is 1. The van der Waals surface area contributed by atoms with Crippen molar-refractivity contribution in [2.24, 2.45) is 7.05 Å². The standard InChI is InChI=1S/C17H16N2O2/c1-3-13-15(16-14(19(13)2)5-4-10-18-16)17(21)11-6-8-12(20)9-7-11/h4-10,20H,3H2,1-2H3. The van der Waals surface area contributed by atoms with Crippen molar-refractivity contribution in [1.82, 2.24) is 9.55 Å². The molecule has 0 aliphatic carbocycles. The number of pyridine rings is 1. The van der Waals surface area contributed by atoms with Gasteiger partial charge in [0, 0.05) is 24.5 Å². The fraction of sp³-hybridized carbons (Fsp3) is 0.176. The maximum absolute atomic E-state index is 12.8. The number of aromatic nitrogens is 2. The highest BCUT2D eigenvalue weighted by Crippen LogP contribution is 2.26. The summed E-state index contributed by atoms with van der Waals surface area (Å²) in [6.45, 7) is 2.03. The van der Waals surface area contributed by atoms with E-state index in [-0.39, 0.29) is 11.5 Å². The Morgan fingerprint density at radius 1 is 1.24 bits per heavy atom. The third kappa shape index (κ3) is 2.09. The third-order valence-electron chi connectivity index (χ3n) is 3.77. The minimum atomic E-state index is -0.0591. The van der Waals surface area contributed by atoms with Gasteiger partial charge < -0.3 is 9.67 Å². The van der Waals surface area contributed by atoms with Crippen LogP contribution in [-0.4, -0.2) is 20.4 Å². The number of aryl methyl sites for hydroxylation is 1. The number of phenols is 1. The molecule has 0 radical (unpaired) electrons. The van der Waals surface area contributed by atoms with Gasteiger partial charge in [0.2, 0.25) is 0 Å². The fourth-order valence-corrected chi connectivity index (χ4v) is 2.72. The summed E-state index contributed by atoms with van der Waals surface area (Å²) in [7, 11) is 1.95. The lowest BCUT2D eigenvalue weighted by Crippen LogP contribution is -2.06. The molecule has 2 heterocycles. The molecule has 1 N–H and O–H groups in total. The number of benzene rings is 1. The Bertz CT molecular complexity index is 817. The SMILES string of the molecule is CCc1c(C(=O)c2ccc(O)cc2)c2ncccc2n1C. The average molecular weight is 280 g/mol. The lowest BCUT2D eigenvalue weighted by Gasteiger charge is -2.05. The van der Waals surface area contributed by atoms with E-state index < -0.39 is 0 Å². The Morgan fingerprint density at radius 3 is 2.62 bits per heavy atom. The first-order chi connectivity index (χ1) is 10.1. The van der Waals surface area contributed by atoms with Gasteiger partial charge in [0.15, 0.2) is 5.78 Å². The molecule has 0 amide bonds. The van der Waals surface area contributed by atoms with E-state index in [0.29, 0.717) is 11.1 Å². The molecular formula is C17H16N2O2. The quantitative estimate of drug-likeness (QED) is 0.750. The summed E-state index contributed by atoms with van der Waals surface area (Å²) in [4.78, 5) is 17.2. The normalized spacial score (nSPS) is 11.0. The minimum Gasteiger partial charge on any atom is -0.508 e. The highest BCUT2D eigenvalue weighted by atomic mass is 16.3. The van der Waals surface area contributed by atoms with Crippen molar-refractivity contribution in [3.05, 3.63) is 59.4 Å². The second-order valence-corrected chi connectivity index (χ2v) is 4.98. The van der Waals surface area contributed by atoms with Gasteiger partial charge in [0.05, 0.1) is 16.6 Å². The fourth-order valence-electron chi connectivity index (χ4n) is 2.72. The Labute approximate surface area is 122 Å². The molecule has 0 atom stereocenters. The van der Waals surface area contributed by atoms with Gasteiger partial charge in [-0.15, -0.1) is 0 Å². The van der Waals surface area contributed by atoms with Crippen LogP contribution in [0.3, 0.4) is 0 Å². The van der Waals surface area contributed by atoms with E-state index in [1.165, 1.54) is 12.1 Å². The molecule has 0 aliphatic heterocycles. The van der Waals surface area contributed by atoms with E-state index in [2.05, 4.69) is 4.98 Å². The second kappa shape index (κ2) is 5.05. The van der Waals surface area contributed by atoms with E-state index in [9.17, 15) is 9.90 Å². The van der Waals surface area contributed by atoms with Crippen LogP contribution in [0.1, 0.15) is 28.5 Å². The summed E-state index contributed by atoms with van der Waals surface area (Å²) in [6, 6.07) is 10.2. The number of aromatic hydroxyl groups is 1. The largest absolute Gasteiger partial charge is 0.508 e. The maximum atomic E-state index is 12.8. The molecule has 3 rings (SSSR count). The van der Waals surface area contributed by atoms with Gasteiger partial charge in [-0.05, 0) is 42.8 Å². The maximum Gasteiger partial charge on any atom is 0.197 e. The van der Waals surface area contributed by atoms with E-state index in [0.717, 1.165) is 23.1 Å². The van der Waals surface area contributed by atoms with Crippen LogP contribution >= 0.6 is 0 Å². The van der Waals surface area contributed by atoms with Crippen molar-refractivity contribution in [3.8, 4) is 5.75 Å². The number of nitrogens with zero attached hydrogens (tertiary/aromatic N) is 2. The smallest absolute Gasteiger partial charge is 0.197 e. The lowest BCUT2D eigenvalue weighted by atomic mass is 10.0. The van der Waals surface area contributed by atoms with Crippen LogP contribution in [-0.2, 0) is 13.5 Å². The van der Waals surface area contributed by atoms with Gasteiger partial charge in [-0.3, -0.25) is 9.78 Å². The molecule has 0 saturated heterocycles. The Morgan fingerprint density at radius 2 is 1.95 bits per heavy atom. The minimum absolute atomic E-state index is 0.0591. The summed E-state index contributed by atoms with van der Waals surface area (Å²) >= 11 is 0. The van der Waals surface area contributed by atoms with Gasteiger partial charge in [-0.25, -0.2) is 0 Å². The summed E-state index contributed by atoms with van der Waals surface area (Å²) in [6.07, 6.45) is 2.46. The van der Waals surface area contributed by atoms with E-state index in [1.54, 1.807) is 18.3 Å². The van der Waals surface area contributed by atoms with Gasteiger partial charge in [-0.2, -0.15) is 0 Å². The number of hydrogen-bond donors (Lipinski definition) is 1. The van der Waals surface area contributed by atoms with Gasteiger partial charge in [0.1, 0.15) is 5.75 Å². The van der Waals surface area contributed by atoms with E-state index in [1.807, 2.05) is 30.7 Å². The Hall–Kier alpha value is -2.62. The third-order valence-corrected chi connectivity index (χ3v) is 3.77. The van der Waals surface area contributed by atoms with Gasteiger partial charge in [0.25, 0.3) is 0 Å². The summed E-state index contributed by atoms with van der Waals surface area (Å²) < 4.78 is 2.02. The predicted octanol–water partition coefficient (Wildman–Crippen LogP) is 3.07. The van der Waals surface area contributed by atoms with Crippen LogP contribution in [0.4, 0.5) is 0 Å². The lowest BCUT2D eigenvalue weighted by molar-refractivity contribution is 0.103. The molecule has 0 spiro atoms. The molecule has 0 saturated carbocycles. The van der Waals surface area contributed by atoms with Crippen LogP contribution in [0.15, 0.2) is 42.6 Å². The number of hydrogen-bond acceptors (Lipinski definition) is 3. The number of fused-ring (bicyclic) bond motifs is 1. The molecular weight excluding hydrogens is 264 g/mol. The van der Waals surface area contributed by atoms with Crippen LogP contribution in [0, 0.1) is 0 Å². The van der Waals surface area contributed by atoms with Crippen molar-refractivity contribution in [1.29, 1.82) is 0 Å². The van der Waals surface area contributed by atoms with Crippen molar-refractivity contribution < 1.29 is 9.90 Å². The molecule has 0 bridgehead atoms. The number of carbonyl (C=O) groups excluding carboxylic acids is 1. The summed E-state index contributed by atoms with van der Waals surface area (Å²) in [5.41, 5.74) is 3.87. The molecule has 0 fully saturated rings. The van der Waals surface area contributed by atoms with E-state index in [4.69, 9.17) is 0 Å². The Kier molecular flexibility index (Phi) is 3.22. The number of ketones is 1. The monoisotopic (exact) mass is 280 g/mol. The molecule has 4 heteroatoms. The highest BCUT2D eigenvalue weighted by Gasteiger charge is 2.21. The van der Waals surface area contributed by atoms with Crippen LogP contribution in [0.25, 0.3) is 11.0 Å². The molecule has 2 aromatic heterocycles. The molecule has 0 unspecified atom stereocenters. The van der Waals surface area contributed by atoms with Gasteiger partial charge >= 0.3 is 0 Å². The van der Waals surface area contributed by atoms with Crippen LogP contribution < -0.4 is 0 Å². The zero-order valence-electron chi connectivity index (χ0n) is 12.0. The van der Waals surface area contributed by atoms with Crippen molar-refractivity contribution in [2.45, 2.75) is 13.3 Å². The highest BCUT2D eigenvalue weighted by molar-refractivity contribution is 6.16. The van der Waals surface area contributed by atoms with Gasteiger partial charge in [-0.1, -0.05) is 6.92 Å². The van der Waals surface area contributed by atoms with Crippen LogP contribution in [0.5, 0.6) is 5.75 Å². The van der Waals surface area contributed by atoms with Crippen molar-refractivity contribution in [3.63, 3.8) is 0 Å².